The molecule has 5 rings (SSSR count). The van der Waals surface area contributed by atoms with Crippen molar-refractivity contribution < 1.29 is 0 Å². The maximum absolute atomic E-state index is 4.76. The van der Waals surface area contributed by atoms with Gasteiger partial charge in [0.25, 0.3) is 0 Å². The molecule has 3 nitrogen and oxygen atoms in total. The van der Waals surface area contributed by atoms with Crippen molar-refractivity contribution in [1.82, 2.24) is 9.88 Å². The molecule has 0 N–H and O–H groups in total. The molecule has 2 atom stereocenters. The van der Waals surface area contributed by atoms with Crippen molar-refractivity contribution in [3.63, 3.8) is 0 Å². The number of likely N-dealkylation sites (tertiary alicyclic amines) is 1. The van der Waals surface area contributed by atoms with E-state index in [1.165, 1.54) is 34.1 Å². The van der Waals surface area contributed by atoms with E-state index < -0.39 is 0 Å². The second-order valence-electron chi connectivity index (χ2n) is 9.43. The summed E-state index contributed by atoms with van der Waals surface area (Å²) in [6.07, 6.45) is 3.21. The first kappa shape index (κ1) is 20.2. The summed E-state index contributed by atoms with van der Waals surface area (Å²) in [5.41, 5.74) is 3.06. The zero-order valence-corrected chi connectivity index (χ0v) is 18.3. The molecular formula is C25H30ClN3. The molecule has 2 saturated heterocycles. The van der Waals surface area contributed by atoms with E-state index >= 15 is 0 Å². The van der Waals surface area contributed by atoms with Gasteiger partial charge in [-0.05, 0) is 34.4 Å². The molecule has 3 aromatic rings. The Morgan fingerprint density at radius 1 is 0.931 bits per heavy atom. The van der Waals surface area contributed by atoms with Gasteiger partial charge in [0.05, 0.1) is 0 Å². The predicted octanol–water partition coefficient (Wildman–Crippen LogP) is 5.42. The lowest BCUT2D eigenvalue weighted by Crippen LogP contribution is -2.46. The van der Waals surface area contributed by atoms with Crippen LogP contribution in [0.5, 0.6) is 0 Å². The van der Waals surface area contributed by atoms with Crippen LogP contribution in [0.1, 0.15) is 38.3 Å². The number of halogens is 1. The zero-order chi connectivity index (χ0) is 19.3. The summed E-state index contributed by atoms with van der Waals surface area (Å²) in [5.74, 6) is 1.17. The van der Waals surface area contributed by atoms with Gasteiger partial charge in [0.2, 0.25) is 0 Å². The lowest BCUT2D eigenvalue weighted by molar-refractivity contribution is 0.230. The third-order valence-corrected chi connectivity index (χ3v) is 6.48. The van der Waals surface area contributed by atoms with Gasteiger partial charge in [0, 0.05) is 43.3 Å². The van der Waals surface area contributed by atoms with Crippen LogP contribution in [0.15, 0.2) is 60.8 Å². The van der Waals surface area contributed by atoms with Crippen molar-refractivity contribution in [3.05, 3.63) is 71.9 Å². The van der Waals surface area contributed by atoms with Crippen LogP contribution in [0.4, 0.5) is 5.82 Å². The molecule has 152 valence electrons. The standard InChI is InChI=1S/C25H29N3.ClH/c1-25(2,3)20-10-8-18(9-11-20)15-27-16-22-14-21(27)17-28(22)24-23-7-5-4-6-19(23)12-13-26-24;/h4-13,21-22H,14-17H2,1-3H3;1H/t21-,22-;/m1./s1. The number of hydrogen-bond acceptors (Lipinski definition) is 3. The average molecular weight is 408 g/mol. The summed E-state index contributed by atoms with van der Waals surface area (Å²) in [5, 5.41) is 2.56. The summed E-state index contributed by atoms with van der Waals surface area (Å²) >= 11 is 0. The molecule has 3 heterocycles. The van der Waals surface area contributed by atoms with Gasteiger partial charge in [-0.1, -0.05) is 69.3 Å². The van der Waals surface area contributed by atoms with Crippen molar-refractivity contribution in [2.45, 2.75) is 51.2 Å². The van der Waals surface area contributed by atoms with Gasteiger partial charge in [0.15, 0.2) is 0 Å². The average Bonchev–Trinajstić information content (AvgIpc) is 3.27. The van der Waals surface area contributed by atoms with E-state index in [1.807, 2.05) is 6.20 Å². The highest BCUT2D eigenvalue weighted by molar-refractivity contribution is 5.92. The first-order valence-electron chi connectivity index (χ1n) is 10.4. The maximum Gasteiger partial charge on any atom is 0.136 e. The topological polar surface area (TPSA) is 19.4 Å². The van der Waals surface area contributed by atoms with Crippen LogP contribution < -0.4 is 4.90 Å². The molecule has 2 aliphatic heterocycles. The minimum absolute atomic E-state index is 0. The minimum Gasteiger partial charge on any atom is -0.350 e. The third-order valence-electron chi connectivity index (χ3n) is 6.48. The van der Waals surface area contributed by atoms with E-state index in [-0.39, 0.29) is 17.8 Å². The molecule has 1 aromatic heterocycles. The summed E-state index contributed by atoms with van der Waals surface area (Å²) in [4.78, 5) is 9.97. The van der Waals surface area contributed by atoms with Crippen molar-refractivity contribution >= 4 is 29.0 Å². The first-order valence-corrected chi connectivity index (χ1v) is 10.4. The molecule has 0 unspecified atom stereocenters. The monoisotopic (exact) mass is 407 g/mol. The molecule has 4 heteroatoms. The molecule has 29 heavy (non-hydrogen) atoms. The van der Waals surface area contributed by atoms with Gasteiger partial charge in [-0.25, -0.2) is 4.98 Å². The summed E-state index contributed by atoms with van der Waals surface area (Å²) in [6, 6.07) is 21.2. The van der Waals surface area contributed by atoms with E-state index in [4.69, 9.17) is 4.98 Å². The maximum atomic E-state index is 4.76. The lowest BCUT2D eigenvalue weighted by Gasteiger charge is -2.35. The van der Waals surface area contributed by atoms with E-state index in [2.05, 4.69) is 85.2 Å². The van der Waals surface area contributed by atoms with Crippen molar-refractivity contribution in [2.24, 2.45) is 0 Å². The second-order valence-corrected chi connectivity index (χ2v) is 9.43. The van der Waals surface area contributed by atoms with Crippen LogP contribution in [0.25, 0.3) is 10.8 Å². The number of pyridine rings is 1. The van der Waals surface area contributed by atoms with Crippen molar-refractivity contribution in [2.75, 3.05) is 18.0 Å². The van der Waals surface area contributed by atoms with Gasteiger partial charge in [0.1, 0.15) is 5.82 Å². The first-order chi connectivity index (χ1) is 13.5. The molecule has 2 bridgehead atoms. The van der Waals surface area contributed by atoms with Crippen molar-refractivity contribution in [3.8, 4) is 0 Å². The quantitative estimate of drug-likeness (QED) is 0.578. The number of fused-ring (bicyclic) bond motifs is 3. The predicted molar refractivity (Wildman–Crippen MR) is 124 cm³/mol. The Bertz CT molecular complexity index is 988. The van der Waals surface area contributed by atoms with E-state index in [0.717, 1.165) is 19.6 Å². The molecule has 0 aliphatic carbocycles. The van der Waals surface area contributed by atoms with Gasteiger partial charge in [-0.3, -0.25) is 4.90 Å². The number of piperazine rings is 1. The van der Waals surface area contributed by atoms with Crippen LogP contribution in [0, 0.1) is 0 Å². The molecule has 0 amide bonds. The lowest BCUT2D eigenvalue weighted by atomic mass is 9.87. The van der Waals surface area contributed by atoms with Crippen molar-refractivity contribution in [1.29, 1.82) is 0 Å². The van der Waals surface area contributed by atoms with Crippen LogP contribution in [-0.2, 0) is 12.0 Å². The molecule has 2 fully saturated rings. The Kier molecular flexibility index (Phi) is 5.30. The third kappa shape index (κ3) is 3.74. The molecule has 0 spiro atoms. The van der Waals surface area contributed by atoms with Gasteiger partial charge >= 0.3 is 0 Å². The van der Waals surface area contributed by atoms with Crippen LogP contribution in [0.2, 0.25) is 0 Å². The highest BCUT2D eigenvalue weighted by atomic mass is 35.5. The van der Waals surface area contributed by atoms with E-state index in [0.29, 0.717) is 12.1 Å². The number of aromatic nitrogens is 1. The fourth-order valence-corrected chi connectivity index (χ4v) is 4.88. The van der Waals surface area contributed by atoms with Crippen LogP contribution >= 0.6 is 12.4 Å². The number of benzene rings is 2. The van der Waals surface area contributed by atoms with Gasteiger partial charge in [-0.2, -0.15) is 0 Å². The largest absolute Gasteiger partial charge is 0.350 e. The number of rotatable bonds is 3. The summed E-state index contributed by atoms with van der Waals surface area (Å²) in [7, 11) is 0. The fourth-order valence-electron chi connectivity index (χ4n) is 4.88. The molecule has 0 saturated carbocycles. The zero-order valence-electron chi connectivity index (χ0n) is 17.5. The Balaban J connectivity index is 0.00000205. The van der Waals surface area contributed by atoms with Gasteiger partial charge in [-0.15, -0.1) is 12.4 Å². The highest BCUT2D eigenvalue weighted by Gasteiger charge is 2.43. The Morgan fingerprint density at radius 2 is 1.69 bits per heavy atom. The molecule has 2 aromatic carbocycles. The van der Waals surface area contributed by atoms with E-state index in [1.54, 1.807) is 0 Å². The summed E-state index contributed by atoms with van der Waals surface area (Å²) < 4.78 is 0. The molecule has 0 radical (unpaired) electrons. The Labute approximate surface area is 180 Å². The SMILES string of the molecule is CC(C)(C)c1ccc(CN2C[C@H]3C[C@@H]2CN3c2nccc3ccccc23)cc1.Cl. The number of nitrogens with zero attached hydrogens (tertiary/aromatic N) is 3. The smallest absolute Gasteiger partial charge is 0.136 e. The van der Waals surface area contributed by atoms with Crippen LogP contribution in [-0.4, -0.2) is 35.1 Å². The minimum atomic E-state index is 0. The summed E-state index contributed by atoms with van der Waals surface area (Å²) in [6.45, 7) is 10.1. The second kappa shape index (κ2) is 7.62. The van der Waals surface area contributed by atoms with Crippen LogP contribution in [0.3, 0.4) is 0 Å². The number of hydrogen-bond donors (Lipinski definition) is 0. The highest BCUT2D eigenvalue weighted by Crippen LogP contribution is 2.37. The Morgan fingerprint density at radius 3 is 2.38 bits per heavy atom. The molecule has 2 aliphatic rings. The number of anilines is 1. The van der Waals surface area contributed by atoms with E-state index in [9.17, 15) is 0 Å². The molecular weight excluding hydrogens is 378 g/mol. The van der Waals surface area contributed by atoms with Gasteiger partial charge < -0.3 is 4.90 Å². The normalized spacial score (nSPS) is 21.6. The fraction of sp³-hybridized carbons (Fsp3) is 0.400. The Hall–Kier alpha value is -2.10.